The third kappa shape index (κ3) is 5.40. The largest absolute Gasteiger partial charge is 0.298 e. The summed E-state index contributed by atoms with van der Waals surface area (Å²) in [6.45, 7) is 6.09. The van der Waals surface area contributed by atoms with Crippen molar-refractivity contribution in [1.82, 2.24) is 20.2 Å². The van der Waals surface area contributed by atoms with Gasteiger partial charge in [-0.15, -0.1) is 10.2 Å². The molecular weight excluding hydrogens is 354 g/mol. The maximum absolute atomic E-state index is 12.0. The Morgan fingerprint density at radius 2 is 1.96 bits per heavy atom. The number of aryl methyl sites for hydroxylation is 1. The molecule has 2 aromatic rings. The van der Waals surface area contributed by atoms with Crippen LogP contribution in [-0.4, -0.2) is 32.1 Å². The minimum atomic E-state index is -0.304. The lowest BCUT2D eigenvalue weighted by atomic mass is 10.0. The molecule has 0 radical (unpaired) electrons. The van der Waals surface area contributed by atoms with Crippen LogP contribution in [0.25, 0.3) is 6.08 Å². The summed E-state index contributed by atoms with van der Waals surface area (Å²) >= 11 is 6.59. The van der Waals surface area contributed by atoms with Crippen LogP contribution in [0.2, 0.25) is 0 Å². The highest BCUT2D eigenvalue weighted by atomic mass is 32.2. The molecule has 0 saturated carbocycles. The number of nitrogens with zero attached hydrogens (tertiary/aromatic N) is 3. The maximum atomic E-state index is 12.0. The fourth-order valence-electron chi connectivity index (χ4n) is 2.05. The smallest absolute Gasteiger partial charge is 0.250 e. The number of rotatable bonds is 5. The SMILES string of the molecule is CSc1nnc(C)n1NC(=S)NC(=O)C=Cc1ccc(C(C)C)cc1. The Morgan fingerprint density at radius 1 is 1.28 bits per heavy atom. The van der Waals surface area contributed by atoms with Crippen LogP contribution < -0.4 is 10.7 Å². The molecule has 0 aliphatic carbocycles. The second-order valence-electron chi connectivity index (χ2n) is 5.65. The van der Waals surface area contributed by atoms with Gasteiger partial charge in [0.25, 0.3) is 0 Å². The summed E-state index contributed by atoms with van der Waals surface area (Å²) in [5.41, 5.74) is 5.12. The first-order chi connectivity index (χ1) is 11.9. The van der Waals surface area contributed by atoms with Crippen molar-refractivity contribution in [2.75, 3.05) is 11.7 Å². The van der Waals surface area contributed by atoms with Gasteiger partial charge in [-0.2, -0.15) is 0 Å². The molecule has 2 rings (SSSR count). The predicted octanol–water partition coefficient (Wildman–Crippen LogP) is 3.09. The highest BCUT2D eigenvalue weighted by Crippen LogP contribution is 2.15. The number of thioether (sulfide) groups is 1. The number of carbonyl (C=O) groups is 1. The third-order valence-electron chi connectivity index (χ3n) is 3.46. The molecular formula is C17H21N5OS2. The monoisotopic (exact) mass is 375 g/mol. The summed E-state index contributed by atoms with van der Waals surface area (Å²) in [6, 6.07) is 8.10. The molecule has 1 aromatic carbocycles. The average molecular weight is 376 g/mol. The van der Waals surface area contributed by atoms with E-state index >= 15 is 0 Å². The van der Waals surface area contributed by atoms with Gasteiger partial charge < -0.3 is 0 Å². The Kier molecular flexibility index (Phi) is 6.72. The number of hydrogen-bond acceptors (Lipinski definition) is 5. The van der Waals surface area contributed by atoms with Gasteiger partial charge in [-0.25, -0.2) is 4.68 Å². The Balaban J connectivity index is 1.92. The molecule has 2 N–H and O–H groups in total. The number of hydrogen-bond donors (Lipinski definition) is 2. The van der Waals surface area contributed by atoms with Gasteiger partial charge in [-0.05, 0) is 48.5 Å². The number of amides is 1. The normalized spacial score (nSPS) is 11.1. The molecule has 1 aromatic heterocycles. The van der Waals surface area contributed by atoms with E-state index < -0.39 is 0 Å². The highest BCUT2D eigenvalue weighted by Gasteiger charge is 2.09. The van der Waals surface area contributed by atoms with Gasteiger partial charge in [0.2, 0.25) is 11.1 Å². The van der Waals surface area contributed by atoms with Crippen LogP contribution in [0.4, 0.5) is 0 Å². The first kappa shape index (κ1) is 19.1. The topological polar surface area (TPSA) is 71.8 Å². The second-order valence-corrected chi connectivity index (χ2v) is 6.84. The average Bonchev–Trinajstić information content (AvgIpc) is 2.93. The molecule has 0 fully saturated rings. The molecule has 8 heteroatoms. The summed E-state index contributed by atoms with van der Waals surface area (Å²) in [5.74, 6) is 0.834. The van der Waals surface area contributed by atoms with E-state index in [2.05, 4.69) is 46.9 Å². The van der Waals surface area contributed by atoms with Crippen molar-refractivity contribution in [1.29, 1.82) is 0 Å². The summed E-state index contributed by atoms with van der Waals surface area (Å²) in [7, 11) is 0. The van der Waals surface area contributed by atoms with Crippen molar-refractivity contribution in [2.24, 2.45) is 0 Å². The van der Waals surface area contributed by atoms with E-state index in [4.69, 9.17) is 12.2 Å². The summed E-state index contributed by atoms with van der Waals surface area (Å²) in [4.78, 5) is 12.0. The zero-order valence-electron chi connectivity index (χ0n) is 14.6. The summed E-state index contributed by atoms with van der Waals surface area (Å²) in [5, 5.41) is 11.4. The Labute approximate surface area is 157 Å². The van der Waals surface area contributed by atoms with Gasteiger partial charge in [0, 0.05) is 6.08 Å². The van der Waals surface area contributed by atoms with Crippen molar-refractivity contribution in [3.8, 4) is 0 Å². The molecule has 0 bridgehead atoms. The molecule has 1 amide bonds. The van der Waals surface area contributed by atoms with E-state index in [0.29, 0.717) is 16.9 Å². The van der Waals surface area contributed by atoms with Gasteiger partial charge in [0.15, 0.2) is 5.11 Å². The number of aromatic nitrogens is 3. The molecule has 0 unspecified atom stereocenters. The Morgan fingerprint density at radius 3 is 2.56 bits per heavy atom. The first-order valence-corrected chi connectivity index (χ1v) is 9.40. The van der Waals surface area contributed by atoms with Gasteiger partial charge in [-0.1, -0.05) is 49.9 Å². The second kappa shape index (κ2) is 8.77. The minimum absolute atomic E-state index is 0.183. The van der Waals surface area contributed by atoms with Gasteiger partial charge >= 0.3 is 0 Å². The predicted molar refractivity (Wildman–Crippen MR) is 106 cm³/mol. The molecule has 0 saturated heterocycles. The van der Waals surface area contributed by atoms with Gasteiger partial charge in [0.1, 0.15) is 5.82 Å². The summed E-state index contributed by atoms with van der Waals surface area (Å²) < 4.78 is 1.63. The van der Waals surface area contributed by atoms with Gasteiger partial charge in [-0.3, -0.25) is 15.5 Å². The van der Waals surface area contributed by atoms with E-state index in [1.807, 2.05) is 18.4 Å². The van der Waals surface area contributed by atoms with Crippen LogP contribution in [0.3, 0.4) is 0 Å². The van der Waals surface area contributed by atoms with Crippen molar-refractivity contribution < 1.29 is 4.79 Å². The maximum Gasteiger partial charge on any atom is 0.250 e. The first-order valence-electron chi connectivity index (χ1n) is 7.76. The lowest BCUT2D eigenvalue weighted by molar-refractivity contribution is -0.115. The fourth-order valence-corrected chi connectivity index (χ4v) is 2.73. The Hall–Kier alpha value is -2.19. The number of carbonyl (C=O) groups excluding carboxylic acids is 1. The van der Waals surface area contributed by atoms with Crippen LogP contribution in [0.1, 0.15) is 36.7 Å². The molecule has 0 spiro atoms. The fraction of sp³-hybridized carbons (Fsp3) is 0.294. The summed E-state index contributed by atoms with van der Waals surface area (Å²) in [6.07, 6.45) is 5.09. The molecule has 6 nitrogen and oxygen atoms in total. The van der Waals surface area contributed by atoms with Crippen molar-refractivity contribution in [3.05, 3.63) is 47.3 Å². The lowest BCUT2D eigenvalue weighted by Crippen LogP contribution is -2.37. The lowest BCUT2D eigenvalue weighted by Gasteiger charge is -2.11. The zero-order valence-corrected chi connectivity index (χ0v) is 16.2. The van der Waals surface area contributed by atoms with Crippen molar-refractivity contribution in [2.45, 2.75) is 31.8 Å². The Bertz CT molecular complexity index is 781. The molecule has 25 heavy (non-hydrogen) atoms. The number of benzene rings is 1. The number of nitrogens with one attached hydrogen (secondary N) is 2. The van der Waals surface area contributed by atoms with E-state index in [0.717, 1.165) is 5.56 Å². The van der Waals surface area contributed by atoms with Crippen LogP contribution in [0, 0.1) is 6.92 Å². The van der Waals surface area contributed by atoms with Crippen LogP contribution in [-0.2, 0) is 4.79 Å². The third-order valence-corrected chi connectivity index (χ3v) is 4.28. The molecule has 0 aliphatic heterocycles. The van der Waals surface area contributed by atoms with E-state index in [-0.39, 0.29) is 11.0 Å². The van der Waals surface area contributed by atoms with Crippen molar-refractivity contribution >= 4 is 41.1 Å². The minimum Gasteiger partial charge on any atom is -0.298 e. The van der Waals surface area contributed by atoms with Crippen LogP contribution in [0.15, 0.2) is 35.5 Å². The zero-order chi connectivity index (χ0) is 18.4. The van der Waals surface area contributed by atoms with E-state index in [1.54, 1.807) is 17.7 Å². The molecule has 1 heterocycles. The van der Waals surface area contributed by atoms with Crippen LogP contribution >= 0.6 is 24.0 Å². The molecule has 0 atom stereocenters. The van der Waals surface area contributed by atoms with Crippen LogP contribution in [0.5, 0.6) is 0 Å². The van der Waals surface area contributed by atoms with E-state index in [9.17, 15) is 4.79 Å². The molecule has 132 valence electrons. The quantitative estimate of drug-likeness (QED) is 0.475. The molecule has 0 aliphatic rings. The standard InChI is InChI=1S/C17H21N5OS2/c1-11(2)14-8-5-13(6-9-14)7-10-15(23)18-16(24)21-22-12(3)19-20-17(22)25-4/h5-11H,1-4H3,(H2,18,21,23,24). The van der Waals surface area contributed by atoms with Crippen molar-refractivity contribution in [3.63, 3.8) is 0 Å². The highest BCUT2D eigenvalue weighted by molar-refractivity contribution is 7.98. The number of thiocarbonyl (C=S) groups is 1. The van der Waals surface area contributed by atoms with Gasteiger partial charge in [0.05, 0.1) is 0 Å². The van der Waals surface area contributed by atoms with E-state index in [1.165, 1.54) is 23.4 Å².